The summed E-state index contributed by atoms with van der Waals surface area (Å²) in [4.78, 5) is 12.4. The Kier molecular flexibility index (Phi) is 3.91. The molecular weight excluding hydrogens is 367 g/mol. The molecule has 0 saturated carbocycles. The molecule has 0 saturated heterocycles. The van der Waals surface area contributed by atoms with E-state index in [1.54, 1.807) is 25.2 Å². The molecule has 6 heteroatoms. The molecule has 1 heterocycles. The number of hydrogen-bond donors (Lipinski definition) is 0. The summed E-state index contributed by atoms with van der Waals surface area (Å²) in [6, 6.07) is 5.19. The van der Waals surface area contributed by atoms with Gasteiger partial charge in [0.1, 0.15) is 0 Å². The highest BCUT2D eigenvalue weighted by Crippen LogP contribution is 2.24. The monoisotopic (exact) mass is 376 g/mol. The van der Waals surface area contributed by atoms with Crippen molar-refractivity contribution in [2.24, 2.45) is 7.05 Å². The molecular formula is C12H10ClIN2O2. The zero-order valence-corrected chi connectivity index (χ0v) is 12.7. The van der Waals surface area contributed by atoms with Gasteiger partial charge in [-0.1, -0.05) is 11.6 Å². The number of hydrogen-bond acceptors (Lipinski definition) is 3. The summed E-state index contributed by atoms with van der Waals surface area (Å²) in [5, 5.41) is 4.57. The summed E-state index contributed by atoms with van der Waals surface area (Å²) in [5.41, 5.74) is 0.928. The van der Waals surface area contributed by atoms with E-state index in [1.807, 2.05) is 0 Å². The maximum atomic E-state index is 12.4. The van der Waals surface area contributed by atoms with Crippen LogP contribution in [0.1, 0.15) is 16.1 Å². The van der Waals surface area contributed by atoms with Gasteiger partial charge in [-0.3, -0.25) is 9.48 Å². The average Bonchev–Trinajstić information content (AvgIpc) is 2.73. The van der Waals surface area contributed by atoms with E-state index in [9.17, 15) is 4.79 Å². The third-order valence-corrected chi connectivity index (χ3v) is 4.09. The Hall–Kier alpha value is -1.08. The van der Waals surface area contributed by atoms with Crippen molar-refractivity contribution < 1.29 is 9.53 Å². The number of aryl methyl sites for hydroxylation is 1. The maximum absolute atomic E-state index is 12.4. The van der Waals surface area contributed by atoms with Crippen molar-refractivity contribution in [2.45, 2.75) is 0 Å². The number of carbonyl (C=O) groups is 1. The van der Waals surface area contributed by atoms with Crippen LogP contribution in [0.15, 0.2) is 24.4 Å². The number of rotatable bonds is 3. The Balaban J connectivity index is 2.47. The van der Waals surface area contributed by atoms with Crippen molar-refractivity contribution >= 4 is 40.0 Å². The summed E-state index contributed by atoms with van der Waals surface area (Å²) in [6.07, 6.45) is 1.52. The zero-order chi connectivity index (χ0) is 13.3. The van der Waals surface area contributed by atoms with Gasteiger partial charge >= 0.3 is 0 Å². The van der Waals surface area contributed by atoms with Gasteiger partial charge in [-0.2, -0.15) is 5.10 Å². The summed E-state index contributed by atoms with van der Waals surface area (Å²) in [6.45, 7) is 0. The van der Waals surface area contributed by atoms with Crippen molar-refractivity contribution in [3.63, 3.8) is 0 Å². The van der Waals surface area contributed by atoms with Crippen LogP contribution in [0.5, 0.6) is 5.75 Å². The Morgan fingerprint density at radius 2 is 2.22 bits per heavy atom. The van der Waals surface area contributed by atoms with Gasteiger partial charge in [0.2, 0.25) is 5.78 Å². The molecule has 94 valence electrons. The van der Waals surface area contributed by atoms with Crippen LogP contribution in [0, 0.1) is 3.57 Å². The Labute approximate surface area is 123 Å². The third kappa shape index (κ3) is 2.37. The van der Waals surface area contributed by atoms with Gasteiger partial charge in [0, 0.05) is 16.2 Å². The van der Waals surface area contributed by atoms with E-state index in [1.165, 1.54) is 18.0 Å². The Morgan fingerprint density at radius 3 is 2.83 bits per heavy atom. The molecule has 1 aromatic heterocycles. The van der Waals surface area contributed by atoms with Crippen LogP contribution in [0.4, 0.5) is 0 Å². The van der Waals surface area contributed by atoms with Crippen LogP contribution in [0.3, 0.4) is 0 Å². The van der Waals surface area contributed by atoms with E-state index in [0.29, 0.717) is 22.0 Å². The smallest absolute Gasteiger partial charge is 0.214 e. The molecule has 0 aliphatic carbocycles. The lowest BCUT2D eigenvalue weighted by Gasteiger charge is -2.05. The van der Waals surface area contributed by atoms with Crippen LogP contribution in [-0.2, 0) is 7.05 Å². The lowest BCUT2D eigenvalue weighted by Crippen LogP contribution is -2.09. The molecule has 18 heavy (non-hydrogen) atoms. The van der Waals surface area contributed by atoms with E-state index in [2.05, 4.69) is 27.7 Å². The van der Waals surface area contributed by atoms with Crippen LogP contribution in [0.25, 0.3) is 0 Å². The summed E-state index contributed by atoms with van der Waals surface area (Å²) in [5.74, 6) is 0.294. The number of ether oxygens (including phenoxy) is 1. The number of ketones is 1. The number of benzene rings is 1. The van der Waals surface area contributed by atoms with E-state index in [-0.39, 0.29) is 5.78 Å². The molecule has 0 fully saturated rings. The van der Waals surface area contributed by atoms with Crippen molar-refractivity contribution in [3.8, 4) is 5.75 Å². The minimum Gasteiger partial charge on any atom is -0.493 e. The number of carbonyl (C=O) groups excluding carboxylic acids is 1. The number of aromatic nitrogens is 2. The van der Waals surface area contributed by atoms with Crippen molar-refractivity contribution in [1.82, 2.24) is 9.78 Å². The van der Waals surface area contributed by atoms with Gasteiger partial charge < -0.3 is 4.74 Å². The zero-order valence-electron chi connectivity index (χ0n) is 9.78. The molecule has 2 rings (SSSR count). The molecule has 0 aliphatic rings. The maximum Gasteiger partial charge on any atom is 0.214 e. The molecule has 1 aromatic carbocycles. The molecule has 0 spiro atoms. The quantitative estimate of drug-likeness (QED) is 0.611. The molecule has 0 bridgehead atoms. The van der Waals surface area contributed by atoms with Crippen LogP contribution < -0.4 is 4.74 Å². The van der Waals surface area contributed by atoms with Crippen molar-refractivity contribution in [3.05, 3.63) is 44.2 Å². The minimum atomic E-state index is -0.162. The number of methoxy groups -OCH3 is 1. The highest BCUT2D eigenvalue weighted by molar-refractivity contribution is 14.1. The molecule has 0 N–H and O–H groups in total. The standard InChI is InChI=1S/C12H10ClIN2O2/c1-16-11(10(18-2)6-15-16)12(17)7-3-4-9(14)8(13)5-7/h3-6H,1-2H3. The predicted octanol–water partition coefficient (Wildman–Crippen LogP) is 2.92. The van der Waals surface area contributed by atoms with Crippen molar-refractivity contribution in [1.29, 1.82) is 0 Å². The molecule has 0 amide bonds. The first-order valence-corrected chi connectivity index (χ1v) is 6.56. The van der Waals surface area contributed by atoms with E-state index >= 15 is 0 Å². The topological polar surface area (TPSA) is 44.1 Å². The second-order valence-corrected chi connectivity index (χ2v) is 5.21. The minimum absolute atomic E-state index is 0.162. The van der Waals surface area contributed by atoms with Gasteiger partial charge in [0.15, 0.2) is 11.4 Å². The lowest BCUT2D eigenvalue weighted by atomic mass is 10.1. The van der Waals surface area contributed by atoms with Gasteiger partial charge in [-0.25, -0.2) is 0 Å². The normalized spacial score (nSPS) is 10.4. The second-order valence-electron chi connectivity index (χ2n) is 3.64. The second kappa shape index (κ2) is 5.27. The predicted molar refractivity (Wildman–Crippen MR) is 77.4 cm³/mol. The highest BCUT2D eigenvalue weighted by Gasteiger charge is 2.19. The molecule has 4 nitrogen and oxygen atoms in total. The van der Waals surface area contributed by atoms with E-state index < -0.39 is 0 Å². The molecule has 0 radical (unpaired) electrons. The first-order valence-electron chi connectivity index (χ1n) is 5.10. The summed E-state index contributed by atoms with van der Waals surface area (Å²) in [7, 11) is 3.21. The molecule has 0 unspecified atom stereocenters. The fourth-order valence-corrected chi connectivity index (χ4v) is 2.12. The van der Waals surface area contributed by atoms with E-state index in [0.717, 1.165) is 3.57 Å². The largest absolute Gasteiger partial charge is 0.493 e. The third-order valence-electron chi connectivity index (χ3n) is 2.52. The SMILES string of the molecule is COc1cnn(C)c1C(=O)c1ccc(I)c(Cl)c1. The highest BCUT2D eigenvalue weighted by atomic mass is 127. The van der Waals surface area contributed by atoms with Gasteiger partial charge in [0.05, 0.1) is 18.3 Å². The van der Waals surface area contributed by atoms with Gasteiger partial charge in [-0.05, 0) is 40.8 Å². The first-order chi connectivity index (χ1) is 8.54. The van der Waals surface area contributed by atoms with Crippen LogP contribution >= 0.6 is 34.2 Å². The van der Waals surface area contributed by atoms with Crippen molar-refractivity contribution in [2.75, 3.05) is 7.11 Å². The number of nitrogens with zero attached hydrogens (tertiary/aromatic N) is 2. The van der Waals surface area contributed by atoms with Crippen LogP contribution in [0.2, 0.25) is 5.02 Å². The number of halogens is 2. The molecule has 0 atom stereocenters. The average molecular weight is 377 g/mol. The van der Waals surface area contributed by atoms with Crippen LogP contribution in [-0.4, -0.2) is 22.7 Å². The van der Waals surface area contributed by atoms with Gasteiger partial charge in [-0.15, -0.1) is 0 Å². The lowest BCUT2D eigenvalue weighted by molar-refractivity contribution is 0.102. The summed E-state index contributed by atoms with van der Waals surface area (Å²) < 4.78 is 7.52. The summed E-state index contributed by atoms with van der Waals surface area (Å²) >= 11 is 8.13. The fraction of sp³-hybridized carbons (Fsp3) is 0.167. The fourth-order valence-electron chi connectivity index (χ4n) is 1.60. The first kappa shape index (κ1) is 13.4. The van der Waals surface area contributed by atoms with E-state index in [4.69, 9.17) is 16.3 Å². The molecule has 2 aromatic rings. The Morgan fingerprint density at radius 1 is 1.50 bits per heavy atom. The van der Waals surface area contributed by atoms with Gasteiger partial charge in [0.25, 0.3) is 0 Å². The molecule has 0 aliphatic heterocycles. The Bertz CT molecular complexity index is 610.